The maximum absolute atomic E-state index is 11.8. The summed E-state index contributed by atoms with van der Waals surface area (Å²) < 4.78 is 0. The summed E-state index contributed by atoms with van der Waals surface area (Å²) in [5, 5.41) is 0.815. The van der Waals surface area contributed by atoms with Crippen molar-refractivity contribution >= 4 is 23.6 Å². The zero-order valence-electron chi connectivity index (χ0n) is 9.68. The number of pyridine rings is 1. The molecular formula is C12H14N2O2S. The molecule has 5 heteroatoms. The number of carbonyl (C=O) groups is 2. The molecule has 17 heavy (non-hydrogen) atoms. The molecule has 0 aliphatic carbocycles. The molecule has 0 spiro atoms. The van der Waals surface area contributed by atoms with Gasteiger partial charge >= 0.3 is 0 Å². The van der Waals surface area contributed by atoms with Crippen molar-refractivity contribution in [1.82, 2.24) is 9.88 Å². The van der Waals surface area contributed by atoms with Gasteiger partial charge in [0.15, 0.2) is 0 Å². The third-order valence-electron chi connectivity index (χ3n) is 2.60. The van der Waals surface area contributed by atoms with Gasteiger partial charge in [0, 0.05) is 19.2 Å². The van der Waals surface area contributed by atoms with Crippen molar-refractivity contribution in [3.8, 4) is 0 Å². The highest BCUT2D eigenvalue weighted by Gasteiger charge is 2.25. The summed E-state index contributed by atoms with van der Waals surface area (Å²) in [7, 11) is 0. The van der Waals surface area contributed by atoms with Gasteiger partial charge in [0.25, 0.3) is 0 Å². The molecule has 1 aliphatic rings. The van der Waals surface area contributed by atoms with Gasteiger partial charge in [-0.25, -0.2) is 4.98 Å². The molecule has 0 bridgehead atoms. The Morgan fingerprint density at radius 2 is 2.35 bits per heavy atom. The van der Waals surface area contributed by atoms with E-state index in [0.29, 0.717) is 13.0 Å². The maximum atomic E-state index is 11.8. The zero-order valence-corrected chi connectivity index (χ0v) is 10.5. The first-order chi connectivity index (χ1) is 8.16. The van der Waals surface area contributed by atoms with Crippen LogP contribution in [0.1, 0.15) is 18.4 Å². The molecule has 1 aromatic rings. The molecule has 2 heterocycles. The quantitative estimate of drug-likeness (QED) is 0.765. The van der Waals surface area contributed by atoms with Crippen LogP contribution < -0.4 is 0 Å². The molecule has 90 valence electrons. The van der Waals surface area contributed by atoms with Crippen LogP contribution in [0.15, 0.2) is 23.4 Å². The minimum absolute atomic E-state index is 0.0486. The number of imide groups is 1. The lowest BCUT2D eigenvalue weighted by molar-refractivity contribution is -0.140. The van der Waals surface area contributed by atoms with E-state index in [9.17, 15) is 9.59 Å². The third kappa shape index (κ3) is 3.06. The number of carbonyl (C=O) groups excluding carboxylic acids is 2. The van der Waals surface area contributed by atoms with Gasteiger partial charge in [-0.15, -0.1) is 0 Å². The molecule has 1 aromatic heterocycles. The van der Waals surface area contributed by atoms with Crippen LogP contribution in [0.5, 0.6) is 0 Å². The SMILES string of the molecule is Cc1ccc(SCC(=O)N2CCCC2=O)nc1. The molecule has 0 N–H and O–H groups in total. The second-order valence-electron chi connectivity index (χ2n) is 4.01. The number of thioether (sulfide) groups is 1. The van der Waals surface area contributed by atoms with Gasteiger partial charge in [0.2, 0.25) is 11.8 Å². The molecule has 1 saturated heterocycles. The van der Waals surface area contributed by atoms with Crippen molar-refractivity contribution in [2.24, 2.45) is 0 Å². The van der Waals surface area contributed by atoms with E-state index in [1.807, 2.05) is 19.1 Å². The van der Waals surface area contributed by atoms with Gasteiger partial charge < -0.3 is 0 Å². The summed E-state index contributed by atoms with van der Waals surface area (Å²) in [6, 6.07) is 3.85. The number of hydrogen-bond donors (Lipinski definition) is 0. The predicted molar refractivity (Wildman–Crippen MR) is 65.7 cm³/mol. The number of rotatable bonds is 3. The highest BCUT2D eigenvalue weighted by molar-refractivity contribution is 7.99. The molecule has 1 fully saturated rings. The Morgan fingerprint density at radius 3 is 2.94 bits per heavy atom. The minimum Gasteiger partial charge on any atom is -0.282 e. The third-order valence-corrected chi connectivity index (χ3v) is 3.53. The van der Waals surface area contributed by atoms with Gasteiger partial charge in [0.1, 0.15) is 0 Å². The number of likely N-dealkylation sites (tertiary alicyclic amines) is 1. The molecule has 1 aliphatic heterocycles. The Kier molecular flexibility index (Phi) is 3.78. The van der Waals surface area contributed by atoms with Crippen molar-refractivity contribution in [3.05, 3.63) is 23.9 Å². The molecule has 0 atom stereocenters. The van der Waals surface area contributed by atoms with E-state index in [0.717, 1.165) is 17.0 Å². The summed E-state index contributed by atoms with van der Waals surface area (Å²) in [5.41, 5.74) is 1.09. The van der Waals surface area contributed by atoms with Crippen LogP contribution in [0.4, 0.5) is 0 Å². The van der Waals surface area contributed by atoms with Gasteiger partial charge in [-0.2, -0.15) is 0 Å². The lowest BCUT2D eigenvalue weighted by atomic mass is 10.3. The fraction of sp³-hybridized carbons (Fsp3) is 0.417. The standard InChI is InChI=1S/C12H14N2O2S/c1-9-4-5-10(13-7-9)17-8-12(16)14-6-2-3-11(14)15/h4-5,7H,2-3,6,8H2,1H3. The van der Waals surface area contributed by atoms with Crippen LogP contribution in [0.2, 0.25) is 0 Å². The monoisotopic (exact) mass is 250 g/mol. The van der Waals surface area contributed by atoms with Crippen molar-refractivity contribution in [3.63, 3.8) is 0 Å². The van der Waals surface area contributed by atoms with Gasteiger partial charge in [-0.05, 0) is 25.0 Å². The van der Waals surface area contributed by atoms with Crippen molar-refractivity contribution in [1.29, 1.82) is 0 Å². The first kappa shape index (κ1) is 12.1. The van der Waals surface area contributed by atoms with E-state index in [1.54, 1.807) is 6.20 Å². The van der Waals surface area contributed by atoms with E-state index in [2.05, 4.69) is 4.98 Å². The topological polar surface area (TPSA) is 50.3 Å². The Hall–Kier alpha value is -1.36. The number of aromatic nitrogens is 1. The van der Waals surface area contributed by atoms with Crippen LogP contribution in [-0.2, 0) is 9.59 Å². The Morgan fingerprint density at radius 1 is 1.53 bits per heavy atom. The Labute approximate surface area is 104 Å². The molecular weight excluding hydrogens is 236 g/mol. The summed E-state index contributed by atoms with van der Waals surface area (Å²) >= 11 is 1.37. The molecule has 2 rings (SSSR count). The highest BCUT2D eigenvalue weighted by Crippen LogP contribution is 2.18. The predicted octanol–water partition coefficient (Wildman–Crippen LogP) is 1.63. The van der Waals surface area contributed by atoms with Crippen LogP contribution in [0.25, 0.3) is 0 Å². The average Bonchev–Trinajstić information content (AvgIpc) is 2.74. The van der Waals surface area contributed by atoms with Crippen molar-refractivity contribution < 1.29 is 9.59 Å². The fourth-order valence-corrected chi connectivity index (χ4v) is 2.38. The number of nitrogens with zero attached hydrogens (tertiary/aromatic N) is 2. The van der Waals surface area contributed by atoms with E-state index < -0.39 is 0 Å². The average molecular weight is 250 g/mol. The second kappa shape index (κ2) is 5.31. The number of aryl methyl sites for hydroxylation is 1. The van der Waals surface area contributed by atoms with Crippen LogP contribution in [0.3, 0.4) is 0 Å². The van der Waals surface area contributed by atoms with Crippen LogP contribution >= 0.6 is 11.8 Å². The van der Waals surface area contributed by atoms with E-state index in [4.69, 9.17) is 0 Å². The molecule has 0 unspecified atom stereocenters. The largest absolute Gasteiger partial charge is 0.282 e. The summed E-state index contributed by atoms with van der Waals surface area (Å²) in [6.45, 7) is 2.54. The zero-order chi connectivity index (χ0) is 12.3. The number of hydrogen-bond acceptors (Lipinski definition) is 4. The number of amides is 2. The van der Waals surface area contributed by atoms with Gasteiger partial charge in [-0.3, -0.25) is 14.5 Å². The smallest absolute Gasteiger partial charge is 0.239 e. The summed E-state index contributed by atoms with van der Waals surface area (Å²) in [6.07, 6.45) is 3.06. The molecule has 0 aromatic carbocycles. The second-order valence-corrected chi connectivity index (χ2v) is 5.00. The van der Waals surface area contributed by atoms with E-state index in [-0.39, 0.29) is 17.6 Å². The molecule has 4 nitrogen and oxygen atoms in total. The van der Waals surface area contributed by atoms with E-state index in [1.165, 1.54) is 16.7 Å². The minimum atomic E-state index is -0.111. The lowest BCUT2D eigenvalue weighted by Gasteiger charge is -2.12. The molecule has 0 radical (unpaired) electrons. The maximum Gasteiger partial charge on any atom is 0.239 e. The normalized spacial score (nSPS) is 15.4. The van der Waals surface area contributed by atoms with E-state index >= 15 is 0 Å². The van der Waals surface area contributed by atoms with Gasteiger partial charge in [0.05, 0.1) is 10.8 Å². The van der Waals surface area contributed by atoms with Crippen LogP contribution in [0, 0.1) is 6.92 Å². The van der Waals surface area contributed by atoms with Crippen molar-refractivity contribution in [2.75, 3.05) is 12.3 Å². The lowest BCUT2D eigenvalue weighted by Crippen LogP contribution is -2.33. The van der Waals surface area contributed by atoms with Gasteiger partial charge in [-0.1, -0.05) is 17.8 Å². The molecule has 2 amide bonds. The van der Waals surface area contributed by atoms with Crippen LogP contribution in [-0.4, -0.2) is 34.0 Å². The first-order valence-electron chi connectivity index (χ1n) is 5.55. The fourth-order valence-electron chi connectivity index (χ4n) is 1.67. The highest BCUT2D eigenvalue weighted by atomic mass is 32.2. The van der Waals surface area contributed by atoms with Crippen molar-refractivity contribution in [2.45, 2.75) is 24.8 Å². The Balaban J connectivity index is 1.87. The summed E-state index contributed by atoms with van der Waals surface area (Å²) in [5.74, 6) is 0.120. The first-order valence-corrected chi connectivity index (χ1v) is 6.54. The summed E-state index contributed by atoms with van der Waals surface area (Å²) in [4.78, 5) is 28.7. The molecule has 0 saturated carbocycles. The Bertz CT molecular complexity index is 431.